The van der Waals surface area contributed by atoms with Crippen molar-refractivity contribution in [3.8, 4) is 5.75 Å². The Morgan fingerprint density at radius 1 is 1.18 bits per heavy atom. The zero-order chi connectivity index (χ0) is 20.4. The third kappa shape index (κ3) is 7.34. The maximum absolute atomic E-state index is 11.3. The first-order valence-corrected chi connectivity index (χ1v) is 9.02. The molecule has 2 amide bonds. The standard InChI is InChI=1S/C20H26N4O4/c1-14(25)24-19-8-5-16(12-23-19)18(26)13-22-9-10-28-17-6-3-15(4-7-17)11-20(27)21-2/h3-8,12,18,22,26H,9-11,13H2,1-2H3,(H,21,27)(H,23,24,25)/t18-/m0/s1. The number of likely N-dealkylation sites (N-methyl/N-ethyl adjacent to an activating group) is 1. The summed E-state index contributed by atoms with van der Waals surface area (Å²) in [5.41, 5.74) is 1.58. The van der Waals surface area contributed by atoms with E-state index < -0.39 is 6.10 Å². The van der Waals surface area contributed by atoms with Crippen LogP contribution < -0.4 is 20.7 Å². The molecule has 0 radical (unpaired) electrons. The normalized spacial score (nSPS) is 11.5. The molecule has 0 unspecified atom stereocenters. The van der Waals surface area contributed by atoms with Crippen molar-refractivity contribution in [2.45, 2.75) is 19.4 Å². The minimum Gasteiger partial charge on any atom is -0.492 e. The van der Waals surface area contributed by atoms with Crippen LogP contribution in [0, 0.1) is 0 Å². The fraction of sp³-hybridized carbons (Fsp3) is 0.350. The Morgan fingerprint density at radius 3 is 2.54 bits per heavy atom. The number of hydrogen-bond acceptors (Lipinski definition) is 6. The third-order valence-electron chi connectivity index (χ3n) is 3.93. The SMILES string of the molecule is CNC(=O)Cc1ccc(OCCNC[C@H](O)c2ccc(NC(C)=O)nc2)cc1. The van der Waals surface area contributed by atoms with Crippen LogP contribution in [0.5, 0.6) is 5.75 Å². The summed E-state index contributed by atoms with van der Waals surface area (Å²) in [4.78, 5) is 26.4. The van der Waals surface area contributed by atoms with Crippen LogP contribution in [-0.2, 0) is 16.0 Å². The summed E-state index contributed by atoms with van der Waals surface area (Å²) < 4.78 is 5.64. The molecular formula is C20H26N4O4. The molecule has 0 aliphatic carbocycles. The molecule has 0 bridgehead atoms. The molecule has 1 atom stereocenters. The number of carbonyl (C=O) groups excluding carboxylic acids is 2. The summed E-state index contributed by atoms with van der Waals surface area (Å²) in [5, 5.41) is 18.5. The number of anilines is 1. The number of ether oxygens (including phenoxy) is 1. The number of aliphatic hydroxyl groups is 1. The topological polar surface area (TPSA) is 113 Å². The first-order chi connectivity index (χ1) is 13.5. The molecule has 2 aromatic rings. The van der Waals surface area contributed by atoms with E-state index >= 15 is 0 Å². The molecule has 4 N–H and O–H groups in total. The monoisotopic (exact) mass is 386 g/mol. The minimum absolute atomic E-state index is 0.0311. The predicted molar refractivity (Wildman–Crippen MR) is 106 cm³/mol. The largest absolute Gasteiger partial charge is 0.492 e. The van der Waals surface area contributed by atoms with E-state index in [1.807, 2.05) is 24.3 Å². The van der Waals surface area contributed by atoms with E-state index in [9.17, 15) is 14.7 Å². The average molecular weight is 386 g/mol. The van der Waals surface area contributed by atoms with Crippen molar-refractivity contribution < 1.29 is 19.4 Å². The van der Waals surface area contributed by atoms with E-state index in [0.29, 0.717) is 37.5 Å². The second kappa shape index (κ2) is 11.0. The van der Waals surface area contributed by atoms with Crippen LogP contribution in [0.3, 0.4) is 0 Å². The Labute approximate surface area is 164 Å². The van der Waals surface area contributed by atoms with Crippen molar-refractivity contribution in [2.24, 2.45) is 0 Å². The van der Waals surface area contributed by atoms with Gasteiger partial charge in [-0.15, -0.1) is 0 Å². The highest BCUT2D eigenvalue weighted by atomic mass is 16.5. The lowest BCUT2D eigenvalue weighted by Gasteiger charge is -2.13. The van der Waals surface area contributed by atoms with Crippen LogP contribution in [0.15, 0.2) is 42.6 Å². The van der Waals surface area contributed by atoms with Gasteiger partial charge in [-0.2, -0.15) is 0 Å². The van der Waals surface area contributed by atoms with Crippen molar-refractivity contribution >= 4 is 17.6 Å². The van der Waals surface area contributed by atoms with Crippen LogP contribution >= 0.6 is 0 Å². The van der Waals surface area contributed by atoms with Crippen molar-refractivity contribution in [1.82, 2.24) is 15.6 Å². The van der Waals surface area contributed by atoms with Crippen LogP contribution in [0.25, 0.3) is 0 Å². The van der Waals surface area contributed by atoms with E-state index in [4.69, 9.17) is 4.74 Å². The van der Waals surface area contributed by atoms with E-state index in [1.54, 1.807) is 19.2 Å². The Kier molecular flexibility index (Phi) is 8.38. The van der Waals surface area contributed by atoms with Crippen molar-refractivity contribution in [3.05, 3.63) is 53.7 Å². The van der Waals surface area contributed by atoms with E-state index in [-0.39, 0.29) is 11.8 Å². The van der Waals surface area contributed by atoms with Crippen molar-refractivity contribution in [2.75, 3.05) is 32.1 Å². The molecule has 1 aromatic carbocycles. The molecule has 0 spiro atoms. The summed E-state index contributed by atoms with van der Waals surface area (Å²) in [7, 11) is 1.61. The number of carbonyl (C=O) groups is 2. The number of amides is 2. The number of nitrogens with zero attached hydrogens (tertiary/aromatic N) is 1. The number of pyridine rings is 1. The Balaban J connectivity index is 1.66. The highest BCUT2D eigenvalue weighted by Crippen LogP contribution is 2.14. The molecule has 8 nitrogen and oxygen atoms in total. The lowest BCUT2D eigenvalue weighted by Crippen LogP contribution is -2.26. The summed E-state index contributed by atoms with van der Waals surface area (Å²) in [6.45, 7) is 2.78. The van der Waals surface area contributed by atoms with Crippen LogP contribution in [-0.4, -0.2) is 48.6 Å². The van der Waals surface area contributed by atoms with Gasteiger partial charge in [-0.1, -0.05) is 18.2 Å². The van der Waals surface area contributed by atoms with Gasteiger partial charge in [-0.05, 0) is 23.8 Å². The average Bonchev–Trinajstić information content (AvgIpc) is 2.68. The molecule has 0 fully saturated rings. The second-order valence-corrected chi connectivity index (χ2v) is 6.22. The van der Waals surface area contributed by atoms with Gasteiger partial charge in [-0.25, -0.2) is 4.98 Å². The van der Waals surface area contributed by atoms with Gasteiger partial charge in [0.05, 0.1) is 12.5 Å². The summed E-state index contributed by atoms with van der Waals surface area (Å²) in [6, 6.07) is 10.8. The van der Waals surface area contributed by atoms with Crippen LogP contribution in [0.1, 0.15) is 24.2 Å². The van der Waals surface area contributed by atoms with Gasteiger partial charge in [0.1, 0.15) is 18.2 Å². The zero-order valence-electron chi connectivity index (χ0n) is 16.1. The van der Waals surface area contributed by atoms with Gasteiger partial charge < -0.3 is 25.8 Å². The zero-order valence-corrected chi connectivity index (χ0v) is 16.1. The van der Waals surface area contributed by atoms with Gasteiger partial charge in [0.25, 0.3) is 0 Å². The molecule has 0 aliphatic heterocycles. The molecule has 1 heterocycles. The van der Waals surface area contributed by atoms with E-state index in [2.05, 4.69) is 20.9 Å². The molecule has 2 rings (SSSR count). The number of hydrogen-bond donors (Lipinski definition) is 4. The molecule has 150 valence electrons. The Hall–Kier alpha value is -2.97. The number of rotatable bonds is 10. The van der Waals surface area contributed by atoms with Gasteiger partial charge in [0, 0.05) is 38.8 Å². The lowest BCUT2D eigenvalue weighted by atomic mass is 10.1. The maximum atomic E-state index is 11.3. The summed E-state index contributed by atoms with van der Waals surface area (Å²) >= 11 is 0. The molecule has 0 aliphatic rings. The second-order valence-electron chi connectivity index (χ2n) is 6.22. The minimum atomic E-state index is -0.706. The first-order valence-electron chi connectivity index (χ1n) is 9.02. The van der Waals surface area contributed by atoms with Crippen LogP contribution in [0.4, 0.5) is 5.82 Å². The van der Waals surface area contributed by atoms with Crippen molar-refractivity contribution in [3.63, 3.8) is 0 Å². The van der Waals surface area contributed by atoms with E-state index in [0.717, 1.165) is 11.3 Å². The molecule has 28 heavy (non-hydrogen) atoms. The highest BCUT2D eigenvalue weighted by Gasteiger charge is 2.08. The maximum Gasteiger partial charge on any atom is 0.224 e. The Bertz CT molecular complexity index is 763. The fourth-order valence-corrected chi connectivity index (χ4v) is 2.43. The van der Waals surface area contributed by atoms with E-state index in [1.165, 1.54) is 13.1 Å². The first kappa shape index (κ1) is 21.3. The van der Waals surface area contributed by atoms with Gasteiger partial charge in [0.15, 0.2) is 0 Å². The quantitative estimate of drug-likeness (QED) is 0.454. The predicted octanol–water partition coefficient (Wildman–Crippen LogP) is 1.03. The van der Waals surface area contributed by atoms with Crippen LogP contribution in [0.2, 0.25) is 0 Å². The number of aliphatic hydroxyl groups excluding tert-OH is 1. The number of aromatic nitrogens is 1. The molecule has 1 aromatic heterocycles. The molecule has 0 saturated heterocycles. The van der Waals surface area contributed by atoms with Gasteiger partial charge in [0.2, 0.25) is 11.8 Å². The molecule has 0 saturated carbocycles. The summed E-state index contributed by atoms with van der Waals surface area (Å²) in [6.07, 6.45) is 1.17. The lowest BCUT2D eigenvalue weighted by molar-refractivity contribution is -0.120. The molecular weight excluding hydrogens is 360 g/mol. The highest BCUT2D eigenvalue weighted by molar-refractivity contribution is 5.87. The van der Waals surface area contributed by atoms with Crippen molar-refractivity contribution in [1.29, 1.82) is 0 Å². The number of benzene rings is 1. The van der Waals surface area contributed by atoms with Gasteiger partial charge in [-0.3, -0.25) is 9.59 Å². The Morgan fingerprint density at radius 2 is 1.93 bits per heavy atom. The third-order valence-corrected chi connectivity index (χ3v) is 3.93. The van der Waals surface area contributed by atoms with Gasteiger partial charge >= 0.3 is 0 Å². The number of nitrogens with one attached hydrogen (secondary N) is 3. The molecule has 8 heteroatoms. The smallest absolute Gasteiger partial charge is 0.224 e. The summed E-state index contributed by atoms with van der Waals surface area (Å²) in [5.74, 6) is 0.951. The fourth-order valence-electron chi connectivity index (χ4n) is 2.43.